The zero-order valence-electron chi connectivity index (χ0n) is 32.0. The Morgan fingerprint density at radius 3 is 1.96 bits per heavy atom. The smallest absolute Gasteiger partial charge is 0.137 e. The summed E-state index contributed by atoms with van der Waals surface area (Å²) in [5, 5.41) is 38.5. The molecule has 4 aliphatic heterocycles. The Morgan fingerprint density at radius 1 is 0.778 bits per heavy atom. The number of nitriles is 4. The Balaban J connectivity index is 1.34. The van der Waals surface area contributed by atoms with Gasteiger partial charge in [-0.1, -0.05) is 52.0 Å². The third-order valence-electron chi connectivity index (χ3n) is 10.9. The Hall–Kier alpha value is -6.48. The maximum absolute atomic E-state index is 9.80. The molecule has 0 spiro atoms. The van der Waals surface area contributed by atoms with Crippen molar-refractivity contribution in [2.75, 3.05) is 37.0 Å². The van der Waals surface area contributed by atoms with Gasteiger partial charge in [-0.2, -0.15) is 21.0 Å². The fourth-order valence-electron chi connectivity index (χ4n) is 7.56. The molecule has 0 aliphatic carbocycles. The van der Waals surface area contributed by atoms with Gasteiger partial charge >= 0.3 is 0 Å². The minimum Gasteiger partial charge on any atom is -0.462 e. The van der Waals surface area contributed by atoms with Crippen LogP contribution in [0.25, 0.3) is 12.2 Å². The Labute approximate surface area is 319 Å². The van der Waals surface area contributed by atoms with E-state index in [-0.39, 0.29) is 27.9 Å². The number of hydrogen-bond acceptors (Lipinski definition) is 8. The molecule has 0 amide bonds. The third-order valence-corrected chi connectivity index (χ3v) is 10.9. The van der Waals surface area contributed by atoms with Crippen LogP contribution < -0.4 is 9.80 Å². The number of nitrogens with zero attached hydrogens (tertiary/aromatic N) is 6. The van der Waals surface area contributed by atoms with E-state index >= 15 is 0 Å². The van der Waals surface area contributed by atoms with Gasteiger partial charge < -0.3 is 19.3 Å². The van der Waals surface area contributed by atoms with Crippen LogP contribution in [-0.4, -0.2) is 27.2 Å². The van der Waals surface area contributed by atoms with E-state index in [1.54, 1.807) is 25.2 Å². The maximum Gasteiger partial charge on any atom is 0.137 e. The molecule has 4 aliphatic rings. The first-order valence-corrected chi connectivity index (χ1v) is 18.1. The van der Waals surface area contributed by atoms with E-state index in [9.17, 15) is 21.0 Å². The maximum atomic E-state index is 9.80. The number of anilines is 2. The summed E-state index contributed by atoms with van der Waals surface area (Å²) in [5.41, 5.74) is 7.89. The van der Waals surface area contributed by atoms with Crippen LogP contribution >= 0.6 is 0 Å². The lowest BCUT2D eigenvalue weighted by Gasteiger charge is -2.52. The molecule has 54 heavy (non-hydrogen) atoms. The molecule has 0 N–H and O–H groups in total. The number of rotatable bonds is 7. The number of allylic oxidation sites excluding steroid dienone is 12. The molecule has 0 aromatic heterocycles. The summed E-state index contributed by atoms with van der Waals surface area (Å²) in [6, 6.07) is 20.8. The van der Waals surface area contributed by atoms with Crippen LogP contribution in [0.4, 0.5) is 11.4 Å². The van der Waals surface area contributed by atoms with E-state index in [1.807, 2.05) is 68.7 Å². The van der Waals surface area contributed by atoms with Gasteiger partial charge in [0.05, 0.1) is 0 Å². The molecule has 4 heterocycles. The van der Waals surface area contributed by atoms with Crippen molar-refractivity contribution in [2.45, 2.75) is 58.3 Å². The molecule has 1 unspecified atom stereocenters. The van der Waals surface area contributed by atoms with Gasteiger partial charge in [-0.05, 0) is 113 Å². The number of hydrogen-bond donors (Lipinski definition) is 0. The van der Waals surface area contributed by atoms with Crippen molar-refractivity contribution in [3.05, 3.63) is 140 Å². The van der Waals surface area contributed by atoms with E-state index < -0.39 is 0 Å². The van der Waals surface area contributed by atoms with Gasteiger partial charge in [-0.25, -0.2) is 0 Å². The summed E-state index contributed by atoms with van der Waals surface area (Å²) in [7, 11) is 4.01. The Kier molecular flexibility index (Phi) is 10.3. The Morgan fingerprint density at radius 2 is 1.35 bits per heavy atom. The van der Waals surface area contributed by atoms with E-state index in [0.717, 1.165) is 42.1 Å². The lowest BCUT2D eigenvalue weighted by molar-refractivity contribution is 0.229. The molecule has 0 bridgehead atoms. The van der Waals surface area contributed by atoms with Gasteiger partial charge in [0, 0.05) is 56.1 Å². The highest BCUT2D eigenvalue weighted by atomic mass is 16.5. The van der Waals surface area contributed by atoms with Gasteiger partial charge in [-0.3, -0.25) is 0 Å². The molecule has 0 saturated carbocycles. The van der Waals surface area contributed by atoms with Crippen LogP contribution in [0, 0.1) is 51.2 Å². The fraction of sp³-hybridized carbons (Fsp3) is 0.304. The Bertz CT molecular complexity index is 2280. The zero-order valence-corrected chi connectivity index (χ0v) is 32.0. The molecule has 8 heteroatoms. The van der Waals surface area contributed by atoms with Gasteiger partial charge in [0.2, 0.25) is 0 Å². The van der Waals surface area contributed by atoms with E-state index in [0.29, 0.717) is 34.8 Å². The van der Waals surface area contributed by atoms with Gasteiger partial charge in [-0.15, -0.1) is 0 Å². The lowest BCUT2D eigenvalue weighted by Crippen LogP contribution is -2.50. The molecular formula is C46H44N6O2. The fourth-order valence-corrected chi connectivity index (χ4v) is 7.56. The van der Waals surface area contributed by atoms with Crippen LogP contribution in [0.3, 0.4) is 0 Å². The van der Waals surface area contributed by atoms with E-state index in [4.69, 9.17) is 9.47 Å². The summed E-state index contributed by atoms with van der Waals surface area (Å²) in [6.07, 6.45) is 16.5. The van der Waals surface area contributed by atoms with Crippen molar-refractivity contribution >= 4 is 23.5 Å². The molecule has 0 radical (unpaired) electrons. The third kappa shape index (κ3) is 7.52. The quantitative estimate of drug-likeness (QED) is 0.260. The van der Waals surface area contributed by atoms with Crippen molar-refractivity contribution in [1.82, 2.24) is 0 Å². The zero-order chi connectivity index (χ0) is 38.8. The molecule has 8 nitrogen and oxygen atoms in total. The highest BCUT2D eigenvalue weighted by Gasteiger charge is 2.45. The highest BCUT2D eigenvalue weighted by molar-refractivity contribution is 5.73. The van der Waals surface area contributed by atoms with Crippen molar-refractivity contribution in [2.24, 2.45) is 5.92 Å². The molecule has 2 aromatic rings. The topological polar surface area (TPSA) is 120 Å². The van der Waals surface area contributed by atoms with Crippen LogP contribution in [-0.2, 0) is 20.3 Å². The molecule has 0 saturated heterocycles. The first-order valence-electron chi connectivity index (χ1n) is 18.1. The predicted octanol–water partition coefficient (Wildman–Crippen LogP) is 9.57. The van der Waals surface area contributed by atoms with Crippen molar-refractivity contribution in [3.63, 3.8) is 0 Å². The van der Waals surface area contributed by atoms with Crippen LogP contribution in [0.1, 0.15) is 69.7 Å². The van der Waals surface area contributed by atoms with Gasteiger partial charge in [0.25, 0.3) is 0 Å². The summed E-state index contributed by atoms with van der Waals surface area (Å²) in [5.74, 6) is 2.61. The monoisotopic (exact) mass is 712 g/mol. The minimum atomic E-state index is -0.269. The first-order chi connectivity index (χ1) is 25.8. The molecule has 2 aromatic carbocycles. The van der Waals surface area contributed by atoms with Crippen molar-refractivity contribution in [3.8, 4) is 24.3 Å². The number of benzene rings is 2. The normalized spacial score (nSPS) is 19.4. The van der Waals surface area contributed by atoms with Crippen LogP contribution in [0.15, 0.2) is 118 Å². The molecular weight excluding hydrogens is 669 g/mol. The largest absolute Gasteiger partial charge is 0.462 e. The average molecular weight is 713 g/mol. The average Bonchev–Trinajstić information content (AvgIpc) is 3.14. The standard InChI is InChI=1S/C46H44N6O2/c1-30-18-33(35(25-47)26-48)21-39(53-30)15-11-32-19-42-44-43(20-32)46(4,5)37(29-52(44)17-16-45(42,2)3)24-41-23-34(36(27-49)28-50)22-40(54-41)14-10-31-8-12-38(13-9-31)51(6)7/h8-15,18-23,37H,16-17,24,29H2,1-7H3/b14-10+,15-11+. The second kappa shape index (κ2) is 14.9. The molecule has 270 valence electrons. The van der Waals surface area contributed by atoms with Gasteiger partial charge in [0.15, 0.2) is 0 Å². The minimum absolute atomic E-state index is 0.0316. The van der Waals surface area contributed by atoms with Crippen LogP contribution in [0.2, 0.25) is 0 Å². The molecule has 1 atom stereocenters. The summed E-state index contributed by atoms with van der Waals surface area (Å²) < 4.78 is 12.5. The van der Waals surface area contributed by atoms with Crippen LogP contribution in [0.5, 0.6) is 0 Å². The summed E-state index contributed by atoms with van der Waals surface area (Å²) >= 11 is 0. The van der Waals surface area contributed by atoms with E-state index in [1.165, 1.54) is 16.8 Å². The first kappa shape index (κ1) is 37.3. The van der Waals surface area contributed by atoms with Crippen molar-refractivity contribution in [1.29, 1.82) is 21.0 Å². The molecule has 0 fully saturated rings. The second-order valence-corrected chi connectivity index (χ2v) is 15.6. The van der Waals surface area contributed by atoms with Gasteiger partial charge in [0.1, 0.15) is 58.5 Å². The lowest BCUT2D eigenvalue weighted by atomic mass is 9.64. The van der Waals surface area contributed by atoms with E-state index in [2.05, 4.69) is 73.9 Å². The SMILES string of the molecule is CC1=CC(=C(C#N)C#N)C=C(/C=C/c2cc3c4c(c2)C(C)(C)C(CC2=CC(=C(C#N)C#N)C=C(/C=C/c5ccc(N(C)C)cc5)O2)CN4CCC3(C)C)O1. The molecule has 6 rings (SSSR count). The summed E-state index contributed by atoms with van der Waals surface area (Å²) in [6.45, 7) is 12.8. The predicted molar refractivity (Wildman–Crippen MR) is 213 cm³/mol. The number of ether oxygens (including phenoxy) is 2. The second-order valence-electron chi connectivity index (χ2n) is 15.6. The highest BCUT2D eigenvalue weighted by Crippen LogP contribution is 2.52. The summed E-state index contributed by atoms with van der Waals surface area (Å²) in [4.78, 5) is 4.57. The van der Waals surface area contributed by atoms with Crippen molar-refractivity contribution < 1.29 is 9.47 Å².